The molecule has 2 saturated heterocycles. The van der Waals surface area contributed by atoms with Crippen LogP contribution < -0.4 is 0 Å². The van der Waals surface area contributed by atoms with E-state index in [1.807, 2.05) is 6.92 Å². The predicted octanol–water partition coefficient (Wildman–Crippen LogP) is 2.15. The number of aryl methyl sites for hydroxylation is 1. The van der Waals surface area contributed by atoms with E-state index < -0.39 is 5.67 Å². The third kappa shape index (κ3) is 3.21. The molecule has 1 aromatic heterocycles. The van der Waals surface area contributed by atoms with Crippen molar-refractivity contribution in [3.8, 4) is 0 Å². The summed E-state index contributed by atoms with van der Waals surface area (Å²) >= 11 is 1.68. The van der Waals surface area contributed by atoms with Crippen molar-refractivity contribution in [3.63, 3.8) is 0 Å². The van der Waals surface area contributed by atoms with Crippen LogP contribution >= 0.6 is 11.3 Å². The Morgan fingerprint density at radius 1 is 1.33 bits per heavy atom. The van der Waals surface area contributed by atoms with Crippen molar-refractivity contribution in [3.05, 3.63) is 16.1 Å². The van der Waals surface area contributed by atoms with Crippen LogP contribution in [0.2, 0.25) is 0 Å². The molecule has 1 amide bonds. The minimum absolute atomic E-state index is 0.187. The van der Waals surface area contributed by atoms with Gasteiger partial charge in [-0.05, 0) is 32.6 Å². The number of likely N-dealkylation sites (tertiary alicyclic amines) is 1. The number of ether oxygens (including phenoxy) is 1. The van der Waals surface area contributed by atoms with E-state index in [9.17, 15) is 9.18 Å². The number of carbonyl (C=O) groups excluding carboxylic acids is 1. The van der Waals surface area contributed by atoms with Crippen molar-refractivity contribution in [2.24, 2.45) is 0 Å². The van der Waals surface area contributed by atoms with Gasteiger partial charge >= 0.3 is 0 Å². The standard InChI is InChI=1S/C17H24FN3O2S/c1-13-19-14(11-24-13)10-20-8-9-23-16(12-20)4-6-21(7-5-16)15(22)17(18)2-3-17/h11H,2-10,12H2,1H3. The third-order valence-corrected chi connectivity index (χ3v) is 6.24. The van der Waals surface area contributed by atoms with Gasteiger partial charge in [-0.3, -0.25) is 9.69 Å². The van der Waals surface area contributed by atoms with Crippen molar-refractivity contribution in [2.45, 2.75) is 50.4 Å². The summed E-state index contributed by atoms with van der Waals surface area (Å²) < 4.78 is 20.1. The van der Waals surface area contributed by atoms with Gasteiger partial charge in [-0.2, -0.15) is 0 Å². The van der Waals surface area contributed by atoms with Crippen molar-refractivity contribution < 1.29 is 13.9 Å². The molecule has 0 N–H and O–H groups in total. The average molecular weight is 353 g/mol. The number of halogens is 1. The summed E-state index contributed by atoms with van der Waals surface area (Å²) in [6.45, 7) is 6.58. The zero-order valence-corrected chi connectivity index (χ0v) is 14.9. The number of hydrogen-bond acceptors (Lipinski definition) is 5. The van der Waals surface area contributed by atoms with Crippen LogP contribution in [0.15, 0.2) is 5.38 Å². The maximum atomic E-state index is 14.0. The second-order valence-electron chi connectivity index (χ2n) is 7.36. The highest BCUT2D eigenvalue weighted by Gasteiger charge is 2.54. The summed E-state index contributed by atoms with van der Waals surface area (Å²) in [7, 11) is 0. The Hall–Kier alpha value is -1.05. The molecule has 3 heterocycles. The first-order valence-corrected chi connectivity index (χ1v) is 9.62. The molecule has 0 atom stereocenters. The first-order chi connectivity index (χ1) is 11.5. The first-order valence-electron chi connectivity index (χ1n) is 8.74. The van der Waals surface area contributed by atoms with E-state index in [-0.39, 0.29) is 11.5 Å². The summed E-state index contributed by atoms with van der Waals surface area (Å²) in [6, 6.07) is 0. The molecular weight excluding hydrogens is 329 g/mol. The van der Waals surface area contributed by atoms with Gasteiger partial charge in [0.15, 0.2) is 5.67 Å². The third-order valence-electron chi connectivity index (χ3n) is 5.41. The fraction of sp³-hybridized carbons (Fsp3) is 0.765. The van der Waals surface area contributed by atoms with E-state index in [2.05, 4.69) is 15.3 Å². The first kappa shape index (κ1) is 16.4. The fourth-order valence-corrected chi connectivity index (χ4v) is 4.40. The fourth-order valence-electron chi connectivity index (χ4n) is 3.80. The van der Waals surface area contributed by atoms with Crippen molar-refractivity contribution >= 4 is 17.2 Å². The smallest absolute Gasteiger partial charge is 0.260 e. The van der Waals surface area contributed by atoms with E-state index in [4.69, 9.17) is 4.74 Å². The Morgan fingerprint density at radius 3 is 2.71 bits per heavy atom. The van der Waals surface area contributed by atoms with Gasteiger partial charge in [0.25, 0.3) is 5.91 Å². The molecule has 1 saturated carbocycles. The Morgan fingerprint density at radius 2 is 2.08 bits per heavy atom. The normalized spacial score (nSPS) is 25.8. The topological polar surface area (TPSA) is 45.7 Å². The molecule has 0 unspecified atom stereocenters. The maximum Gasteiger partial charge on any atom is 0.260 e. The van der Waals surface area contributed by atoms with Gasteiger partial charge in [0.2, 0.25) is 0 Å². The average Bonchev–Trinajstić information content (AvgIpc) is 3.19. The Kier molecular flexibility index (Phi) is 4.13. The number of thiazole rings is 1. The molecule has 0 aromatic carbocycles. The van der Waals surface area contributed by atoms with E-state index in [0.717, 1.165) is 43.2 Å². The van der Waals surface area contributed by atoms with Gasteiger partial charge in [-0.15, -0.1) is 11.3 Å². The quantitative estimate of drug-likeness (QED) is 0.835. The molecule has 132 valence electrons. The van der Waals surface area contributed by atoms with Crippen LogP contribution in [0.3, 0.4) is 0 Å². The number of rotatable bonds is 3. The number of hydrogen-bond donors (Lipinski definition) is 0. The summed E-state index contributed by atoms with van der Waals surface area (Å²) in [5.74, 6) is -0.303. The largest absolute Gasteiger partial charge is 0.372 e. The number of piperidine rings is 1. The van der Waals surface area contributed by atoms with Crippen molar-refractivity contribution in [2.75, 3.05) is 32.8 Å². The van der Waals surface area contributed by atoms with Crippen LogP contribution in [-0.2, 0) is 16.1 Å². The lowest BCUT2D eigenvalue weighted by atomic mass is 9.89. The van der Waals surface area contributed by atoms with Gasteiger partial charge in [0.05, 0.1) is 22.9 Å². The van der Waals surface area contributed by atoms with Gasteiger partial charge in [0, 0.05) is 38.1 Å². The summed E-state index contributed by atoms with van der Waals surface area (Å²) in [4.78, 5) is 20.8. The SMILES string of the molecule is Cc1nc(CN2CCOC3(CCN(C(=O)C4(F)CC4)CC3)C2)cs1. The molecule has 1 spiro atoms. The number of nitrogens with zero attached hydrogens (tertiary/aromatic N) is 3. The van der Waals surface area contributed by atoms with Crippen LogP contribution in [0.5, 0.6) is 0 Å². The highest BCUT2D eigenvalue weighted by Crippen LogP contribution is 2.42. The molecule has 24 heavy (non-hydrogen) atoms. The highest BCUT2D eigenvalue weighted by molar-refractivity contribution is 7.09. The van der Waals surface area contributed by atoms with E-state index >= 15 is 0 Å². The lowest BCUT2D eigenvalue weighted by molar-refractivity contribution is -0.155. The van der Waals surface area contributed by atoms with Gasteiger partial charge < -0.3 is 9.64 Å². The zero-order chi connectivity index (χ0) is 16.8. The second-order valence-corrected chi connectivity index (χ2v) is 8.42. The van der Waals surface area contributed by atoms with Crippen LogP contribution in [0.25, 0.3) is 0 Å². The molecule has 4 rings (SSSR count). The monoisotopic (exact) mass is 353 g/mol. The zero-order valence-electron chi connectivity index (χ0n) is 14.1. The minimum atomic E-state index is -1.55. The lowest BCUT2D eigenvalue weighted by Crippen LogP contribution is -2.58. The predicted molar refractivity (Wildman–Crippen MR) is 89.7 cm³/mol. The molecule has 1 aliphatic carbocycles. The summed E-state index contributed by atoms with van der Waals surface area (Å²) in [6.07, 6.45) is 2.37. The molecule has 2 aliphatic heterocycles. The molecule has 5 nitrogen and oxygen atoms in total. The van der Waals surface area contributed by atoms with Crippen LogP contribution in [0.1, 0.15) is 36.4 Å². The number of amides is 1. The van der Waals surface area contributed by atoms with E-state index in [1.54, 1.807) is 16.2 Å². The number of aromatic nitrogens is 1. The van der Waals surface area contributed by atoms with E-state index in [0.29, 0.717) is 32.5 Å². The van der Waals surface area contributed by atoms with Crippen LogP contribution in [0, 0.1) is 6.92 Å². The summed E-state index contributed by atoms with van der Waals surface area (Å²) in [5, 5.41) is 3.22. The molecule has 7 heteroatoms. The maximum absolute atomic E-state index is 14.0. The Bertz CT molecular complexity index is 623. The number of alkyl halides is 1. The Balaban J connectivity index is 1.35. The number of carbonyl (C=O) groups is 1. The van der Waals surface area contributed by atoms with Crippen molar-refractivity contribution in [1.29, 1.82) is 0 Å². The summed E-state index contributed by atoms with van der Waals surface area (Å²) in [5.41, 5.74) is -0.616. The van der Waals surface area contributed by atoms with Gasteiger partial charge in [-0.25, -0.2) is 9.37 Å². The Labute approximate surface area is 145 Å². The molecule has 3 aliphatic rings. The van der Waals surface area contributed by atoms with Crippen LogP contribution in [0.4, 0.5) is 4.39 Å². The van der Waals surface area contributed by atoms with Crippen LogP contribution in [-0.4, -0.2) is 64.7 Å². The lowest BCUT2D eigenvalue weighted by Gasteiger charge is -2.47. The van der Waals surface area contributed by atoms with E-state index in [1.165, 1.54) is 0 Å². The molecule has 3 fully saturated rings. The second kappa shape index (κ2) is 6.04. The molecule has 0 radical (unpaired) electrons. The molecular formula is C17H24FN3O2S. The molecule has 1 aromatic rings. The van der Waals surface area contributed by atoms with Gasteiger partial charge in [0.1, 0.15) is 0 Å². The number of morpholine rings is 1. The van der Waals surface area contributed by atoms with Gasteiger partial charge in [-0.1, -0.05) is 0 Å². The highest BCUT2D eigenvalue weighted by atomic mass is 32.1. The minimum Gasteiger partial charge on any atom is -0.372 e. The van der Waals surface area contributed by atoms with Crippen molar-refractivity contribution in [1.82, 2.24) is 14.8 Å². The molecule has 0 bridgehead atoms.